The first-order chi connectivity index (χ1) is 8.24. The summed E-state index contributed by atoms with van der Waals surface area (Å²) in [5.74, 6) is 0.244. The minimum Gasteiger partial charge on any atom is -0.379 e. The number of hydrogen-bond acceptors (Lipinski definition) is 3. The molecule has 3 heteroatoms. The summed E-state index contributed by atoms with van der Waals surface area (Å²) in [5.41, 5.74) is 0.204. The van der Waals surface area contributed by atoms with Gasteiger partial charge in [-0.2, -0.15) is 0 Å². The van der Waals surface area contributed by atoms with Gasteiger partial charge in [-0.1, -0.05) is 27.7 Å². The van der Waals surface area contributed by atoms with E-state index in [0.717, 1.165) is 19.4 Å². The van der Waals surface area contributed by atoms with Gasteiger partial charge in [0.1, 0.15) is 6.61 Å². The van der Waals surface area contributed by atoms with Crippen LogP contribution in [0.3, 0.4) is 0 Å². The number of Topliss-reactive ketones (excluding diaryl/α,β-unsaturated/α-hetero) is 1. The molecule has 0 aromatic rings. The van der Waals surface area contributed by atoms with Crippen LogP contribution in [0, 0.1) is 11.3 Å². The van der Waals surface area contributed by atoms with Crippen molar-refractivity contribution in [3.63, 3.8) is 0 Å². The first-order valence-electron chi connectivity index (χ1n) is 6.96. The average Bonchev–Trinajstić information content (AvgIpc) is 2.23. The molecule has 18 heavy (non-hydrogen) atoms. The third kappa shape index (κ3) is 9.60. The minimum atomic E-state index is 0.0671. The zero-order chi connectivity index (χ0) is 14.2. The monoisotopic (exact) mass is 258 g/mol. The van der Waals surface area contributed by atoms with Gasteiger partial charge >= 0.3 is 0 Å². The zero-order valence-corrected chi connectivity index (χ0v) is 12.9. The Hall–Kier alpha value is -0.410. The van der Waals surface area contributed by atoms with Crippen LogP contribution in [0.5, 0.6) is 0 Å². The maximum Gasteiger partial charge on any atom is 0.160 e. The summed E-state index contributed by atoms with van der Waals surface area (Å²) in [6.45, 7) is 14.0. The molecule has 108 valence electrons. The number of ketones is 1. The van der Waals surface area contributed by atoms with E-state index in [1.54, 1.807) is 0 Å². The Labute approximate surface area is 112 Å². The van der Waals surface area contributed by atoms with Gasteiger partial charge in [-0.3, -0.25) is 4.79 Å². The fourth-order valence-electron chi connectivity index (χ4n) is 1.38. The molecule has 0 rings (SSSR count). The van der Waals surface area contributed by atoms with Gasteiger partial charge in [0.15, 0.2) is 5.78 Å². The molecule has 0 aromatic heterocycles. The van der Waals surface area contributed by atoms with E-state index in [1.807, 2.05) is 27.7 Å². The summed E-state index contributed by atoms with van der Waals surface area (Å²) < 4.78 is 11.0. The fraction of sp³-hybridized carbons (Fsp3) is 0.933. The molecule has 0 aliphatic heterocycles. The van der Waals surface area contributed by atoms with E-state index in [4.69, 9.17) is 9.47 Å². The van der Waals surface area contributed by atoms with E-state index in [2.05, 4.69) is 13.8 Å². The van der Waals surface area contributed by atoms with Crippen molar-refractivity contribution in [2.24, 2.45) is 11.3 Å². The molecule has 0 bridgehead atoms. The molecule has 0 spiro atoms. The van der Waals surface area contributed by atoms with Gasteiger partial charge in [0.2, 0.25) is 0 Å². The normalized spacial score (nSPS) is 12.4. The number of carbonyl (C=O) groups is 1. The quantitative estimate of drug-likeness (QED) is 0.563. The molecule has 0 N–H and O–H groups in total. The Balaban J connectivity index is 3.67. The topological polar surface area (TPSA) is 35.5 Å². The van der Waals surface area contributed by atoms with Crippen LogP contribution in [0.4, 0.5) is 0 Å². The molecule has 0 amide bonds. The van der Waals surface area contributed by atoms with Gasteiger partial charge in [0, 0.05) is 19.1 Å². The van der Waals surface area contributed by atoms with Gasteiger partial charge < -0.3 is 9.47 Å². The molecule has 0 fully saturated rings. The van der Waals surface area contributed by atoms with Crippen LogP contribution in [0.15, 0.2) is 0 Å². The van der Waals surface area contributed by atoms with E-state index in [1.165, 1.54) is 0 Å². The van der Waals surface area contributed by atoms with Crippen molar-refractivity contribution in [1.29, 1.82) is 0 Å². The third-order valence-corrected chi connectivity index (χ3v) is 3.04. The summed E-state index contributed by atoms with van der Waals surface area (Å²) in [6.07, 6.45) is 2.27. The minimum absolute atomic E-state index is 0.0671. The molecule has 3 nitrogen and oxygen atoms in total. The Bertz CT molecular complexity index is 232. The van der Waals surface area contributed by atoms with Crippen molar-refractivity contribution in [2.75, 3.05) is 19.8 Å². The lowest BCUT2D eigenvalue weighted by Crippen LogP contribution is -2.21. The van der Waals surface area contributed by atoms with Crippen molar-refractivity contribution in [1.82, 2.24) is 0 Å². The van der Waals surface area contributed by atoms with Crippen molar-refractivity contribution in [2.45, 2.75) is 60.5 Å². The average molecular weight is 258 g/mol. The predicted molar refractivity (Wildman–Crippen MR) is 74.8 cm³/mol. The molecule has 0 unspecified atom stereocenters. The van der Waals surface area contributed by atoms with Gasteiger partial charge in [0.25, 0.3) is 0 Å². The fourth-order valence-corrected chi connectivity index (χ4v) is 1.38. The molecule has 0 atom stereocenters. The Morgan fingerprint density at radius 3 is 2.11 bits per heavy atom. The maximum atomic E-state index is 11.4. The first-order valence-corrected chi connectivity index (χ1v) is 6.96. The van der Waals surface area contributed by atoms with Gasteiger partial charge in [0.05, 0.1) is 6.10 Å². The van der Waals surface area contributed by atoms with Crippen molar-refractivity contribution < 1.29 is 14.3 Å². The second-order valence-corrected chi connectivity index (χ2v) is 6.26. The predicted octanol–water partition coefficient (Wildman–Crippen LogP) is 3.46. The lowest BCUT2D eigenvalue weighted by atomic mass is 9.86. The molecular formula is C15H30O3. The van der Waals surface area contributed by atoms with E-state index < -0.39 is 0 Å². The summed E-state index contributed by atoms with van der Waals surface area (Å²) in [5, 5.41) is 0. The molecule has 0 saturated heterocycles. The molecule has 0 saturated carbocycles. The first kappa shape index (κ1) is 17.6. The van der Waals surface area contributed by atoms with E-state index >= 15 is 0 Å². The second kappa shape index (κ2) is 8.65. The number of ether oxygens (including phenoxy) is 2. The highest BCUT2D eigenvalue weighted by Crippen LogP contribution is 2.25. The van der Waals surface area contributed by atoms with Gasteiger partial charge in [-0.25, -0.2) is 0 Å². The molecule has 0 radical (unpaired) electrons. The molecule has 0 aliphatic rings. The standard InChI is InChI=1S/C15H30O3/c1-12(2)14(16)11-17-9-7-15(5,6)8-10-18-13(3)4/h12-13H,7-11H2,1-6H3. The van der Waals surface area contributed by atoms with Crippen LogP contribution < -0.4 is 0 Å². The van der Waals surface area contributed by atoms with Crippen LogP contribution in [-0.2, 0) is 14.3 Å². The number of carbonyl (C=O) groups excluding carboxylic acids is 1. The van der Waals surface area contributed by atoms with Crippen molar-refractivity contribution >= 4 is 5.78 Å². The zero-order valence-electron chi connectivity index (χ0n) is 12.9. The van der Waals surface area contributed by atoms with Crippen LogP contribution in [0.1, 0.15) is 54.4 Å². The highest BCUT2D eigenvalue weighted by atomic mass is 16.5. The smallest absolute Gasteiger partial charge is 0.160 e. The summed E-state index contributed by atoms with van der Waals surface area (Å²) >= 11 is 0. The molecular weight excluding hydrogens is 228 g/mol. The second-order valence-electron chi connectivity index (χ2n) is 6.26. The molecule has 0 heterocycles. The van der Waals surface area contributed by atoms with Gasteiger partial charge in [-0.05, 0) is 32.1 Å². The SMILES string of the molecule is CC(C)OCCC(C)(C)CCOCC(=O)C(C)C. The highest BCUT2D eigenvalue weighted by Gasteiger charge is 2.18. The largest absolute Gasteiger partial charge is 0.379 e. The van der Waals surface area contributed by atoms with Crippen molar-refractivity contribution in [3.05, 3.63) is 0 Å². The molecule has 0 aromatic carbocycles. The third-order valence-electron chi connectivity index (χ3n) is 3.04. The lowest BCUT2D eigenvalue weighted by molar-refractivity contribution is -0.126. The Kier molecular flexibility index (Phi) is 8.45. The van der Waals surface area contributed by atoms with Crippen LogP contribution in [-0.4, -0.2) is 31.7 Å². The lowest BCUT2D eigenvalue weighted by Gasteiger charge is -2.24. The van der Waals surface area contributed by atoms with E-state index in [9.17, 15) is 4.79 Å². The van der Waals surface area contributed by atoms with Crippen LogP contribution in [0.2, 0.25) is 0 Å². The molecule has 0 aliphatic carbocycles. The van der Waals surface area contributed by atoms with Crippen LogP contribution >= 0.6 is 0 Å². The van der Waals surface area contributed by atoms with Crippen LogP contribution in [0.25, 0.3) is 0 Å². The van der Waals surface area contributed by atoms with Gasteiger partial charge in [-0.15, -0.1) is 0 Å². The van der Waals surface area contributed by atoms with E-state index in [-0.39, 0.29) is 23.7 Å². The van der Waals surface area contributed by atoms with E-state index in [0.29, 0.717) is 12.7 Å². The number of hydrogen-bond donors (Lipinski definition) is 0. The maximum absolute atomic E-state index is 11.4. The summed E-state index contributed by atoms with van der Waals surface area (Å²) in [7, 11) is 0. The Morgan fingerprint density at radius 1 is 1.06 bits per heavy atom. The summed E-state index contributed by atoms with van der Waals surface area (Å²) in [4.78, 5) is 11.4. The Morgan fingerprint density at radius 2 is 1.61 bits per heavy atom. The highest BCUT2D eigenvalue weighted by molar-refractivity contribution is 5.81. The summed E-state index contributed by atoms with van der Waals surface area (Å²) in [6, 6.07) is 0. The van der Waals surface area contributed by atoms with Crippen molar-refractivity contribution in [3.8, 4) is 0 Å². The number of rotatable bonds is 10.